The molecule has 166 valence electrons. The number of amides is 1. The summed E-state index contributed by atoms with van der Waals surface area (Å²) >= 11 is 0. The number of carbonyl (C=O) groups is 1. The zero-order chi connectivity index (χ0) is 22.4. The van der Waals surface area contributed by atoms with E-state index < -0.39 is 23.1 Å². The molecule has 2 fully saturated rings. The Morgan fingerprint density at radius 1 is 1.03 bits per heavy atom. The maximum absolute atomic E-state index is 15.0. The first-order valence-corrected chi connectivity index (χ1v) is 10.6. The Hall–Kier alpha value is -3.36. The van der Waals surface area contributed by atoms with Crippen molar-refractivity contribution in [1.29, 1.82) is 0 Å². The number of aromatic nitrogens is 3. The van der Waals surface area contributed by atoms with Crippen molar-refractivity contribution in [2.24, 2.45) is 11.8 Å². The van der Waals surface area contributed by atoms with E-state index in [0.717, 1.165) is 37.5 Å². The van der Waals surface area contributed by atoms with Crippen LogP contribution >= 0.6 is 0 Å². The van der Waals surface area contributed by atoms with Gasteiger partial charge in [0.2, 0.25) is 5.91 Å². The molecule has 3 aromatic rings. The third kappa shape index (κ3) is 3.83. The van der Waals surface area contributed by atoms with E-state index in [4.69, 9.17) is 0 Å². The Bertz CT molecular complexity index is 1250. The molecule has 2 aliphatic rings. The average Bonchev–Trinajstić information content (AvgIpc) is 3.41. The van der Waals surface area contributed by atoms with Crippen molar-refractivity contribution in [3.8, 4) is 22.5 Å². The van der Waals surface area contributed by atoms with Crippen molar-refractivity contribution >= 4 is 5.91 Å². The second-order valence-corrected chi connectivity index (χ2v) is 8.49. The Morgan fingerprint density at radius 3 is 2.50 bits per heavy atom. The highest BCUT2D eigenvalue weighted by atomic mass is 19.1. The molecule has 1 aromatic heterocycles. The highest BCUT2D eigenvalue weighted by Crippen LogP contribution is 2.33. The molecule has 5 rings (SSSR count). The number of H-pyrrole nitrogens is 1. The second kappa shape index (κ2) is 7.96. The molecule has 0 radical (unpaired) electrons. The number of nitrogens with zero attached hydrogens (tertiary/aromatic N) is 3. The van der Waals surface area contributed by atoms with Crippen LogP contribution in [0.3, 0.4) is 0 Å². The quantitative estimate of drug-likeness (QED) is 0.657. The number of nitrogens with one attached hydrogen (secondary N) is 1. The normalized spacial score (nSPS) is 18.3. The predicted octanol–water partition coefficient (Wildman–Crippen LogP) is 3.58. The van der Waals surface area contributed by atoms with Gasteiger partial charge in [-0.25, -0.2) is 23.1 Å². The number of rotatable bonds is 5. The minimum Gasteiger partial charge on any atom is -0.342 e. The lowest BCUT2D eigenvalue weighted by Crippen LogP contribution is -2.31. The van der Waals surface area contributed by atoms with Crippen molar-refractivity contribution in [2.45, 2.75) is 25.8 Å². The summed E-state index contributed by atoms with van der Waals surface area (Å²) in [5, 5.41) is 6.36. The summed E-state index contributed by atoms with van der Waals surface area (Å²) in [6.07, 6.45) is 2.66. The van der Waals surface area contributed by atoms with Gasteiger partial charge in [-0.1, -0.05) is 6.07 Å². The lowest BCUT2D eigenvalue weighted by molar-refractivity contribution is -0.131. The van der Waals surface area contributed by atoms with Gasteiger partial charge in [0, 0.05) is 37.2 Å². The van der Waals surface area contributed by atoms with Crippen LogP contribution in [0.15, 0.2) is 41.2 Å². The fourth-order valence-electron chi connectivity index (χ4n) is 4.31. The van der Waals surface area contributed by atoms with Crippen molar-refractivity contribution in [2.75, 3.05) is 13.1 Å². The molecule has 9 heteroatoms. The molecule has 1 saturated carbocycles. The van der Waals surface area contributed by atoms with Gasteiger partial charge >= 0.3 is 5.69 Å². The molecule has 1 aliphatic heterocycles. The fraction of sp³-hybridized carbons (Fsp3) is 0.348. The Balaban J connectivity index is 1.39. The Morgan fingerprint density at radius 2 is 1.78 bits per heavy atom. The van der Waals surface area contributed by atoms with Gasteiger partial charge in [0.25, 0.3) is 0 Å². The van der Waals surface area contributed by atoms with Gasteiger partial charge in [0.15, 0.2) is 5.82 Å². The van der Waals surface area contributed by atoms with E-state index >= 15 is 0 Å². The Labute approximate surface area is 181 Å². The predicted molar refractivity (Wildman–Crippen MR) is 111 cm³/mol. The maximum atomic E-state index is 15.0. The molecule has 1 saturated heterocycles. The van der Waals surface area contributed by atoms with Gasteiger partial charge in [-0.2, -0.15) is 5.10 Å². The highest BCUT2D eigenvalue weighted by molar-refractivity contribution is 5.81. The summed E-state index contributed by atoms with van der Waals surface area (Å²) in [6.45, 7) is 1.54. The van der Waals surface area contributed by atoms with Gasteiger partial charge in [-0.15, -0.1) is 0 Å². The molecule has 1 atom stereocenters. The van der Waals surface area contributed by atoms with Crippen LogP contribution in [0.1, 0.15) is 19.3 Å². The van der Waals surface area contributed by atoms with Crippen molar-refractivity contribution in [1.82, 2.24) is 19.7 Å². The van der Waals surface area contributed by atoms with Gasteiger partial charge in [0.05, 0.1) is 5.56 Å². The summed E-state index contributed by atoms with van der Waals surface area (Å²) in [6, 6.07) is 7.17. The molecule has 1 N–H and O–H groups in total. The zero-order valence-corrected chi connectivity index (χ0v) is 17.2. The monoisotopic (exact) mass is 442 g/mol. The van der Waals surface area contributed by atoms with Crippen LogP contribution in [0.4, 0.5) is 13.2 Å². The van der Waals surface area contributed by atoms with Crippen LogP contribution in [0.5, 0.6) is 0 Å². The second-order valence-electron chi connectivity index (χ2n) is 8.49. The fourth-order valence-corrected chi connectivity index (χ4v) is 4.31. The first-order chi connectivity index (χ1) is 15.4. The van der Waals surface area contributed by atoms with Gasteiger partial charge in [0.1, 0.15) is 17.5 Å². The smallest absolute Gasteiger partial charge is 0.342 e. The first kappa shape index (κ1) is 20.5. The summed E-state index contributed by atoms with van der Waals surface area (Å²) in [5.74, 6) is -1.63. The molecule has 0 spiro atoms. The van der Waals surface area contributed by atoms with Crippen molar-refractivity contribution < 1.29 is 18.0 Å². The zero-order valence-electron chi connectivity index (χ0n) is 17.2. The minimum atomic E-state index is -0.791. The lowest BCUT2D eigenvalue weighted by atomic mass is 10.0. The summed E-state index contributed by atoms with van der Waals surface area (Å²) in [5.41, 5.74) is -0.0422. The van der Waals surface area contributed by atoms with E-state index in [-0.39, 0.29) is 40.3 Å². The van der Waals surface area contributed by atoms with Crippen LogP contribution in [-0.4, -0.2) is 38.7 Å². The largest absolute Gasteiger partial charge is 0.343 e. The first-order valence-electron chi connectivity index (χ1n) is 10.6. The molecular formula is C23H21F3N4O2. The van der Waals surface area contributed by atoms with Crippen LogP contribution < -0.4 is 5.69 Å². The number of benzene rings is 2. The van der Waals surface area contributed by atoms with E-state index in [9.17, 15) is 22.8 Å². The summed E-state index contributed by atoms with van der Waals surface area (Å²) in [7, 11) is 0. The van der Waals surface area contributed by atoms with Crippen LogP contribution in [0.2, 0.25) is 0 Å². The lowest BCUT2D eigenvalue weighted by Gasteiger charge is -2.16. The number of halogens is 3. The van der Waals surface area contributed by atoms with Crippen LogP contribution in [0.25, 0.3) is 22.5 Å². The third-order valence-corrected chi connectivity index (χ3v) is 6.18. The topological polar surface area (TPSA) is 71.0 Å². The van der Waals surface area contributed by atoms with E-state index in [1.807, 2.05) is 4.90 Å². The van der Waals surface area contributed by atoms with E-state index in [1.165, 1.54) is 22.8 Å². The molecule has 0 bridgehead atoms. The van der Waals surface area contributed by atoms with E-state index in [0.29, 0.717) is 19.6 Å². The SMILES string of the molecule is O=C(C1CC1)N1CC[C@@H](Cn2c(-c3ccc(-c4ccc(F)cc4F)cc3F)n[nH]c2=O)C1. The molecule has 1 amide bonds. The Kier molecular flexibility index (Phi) is 5.11. The number of hydrogen-bond donors (Lipinski definition) is 1. The van der Waals surface area contributed by atoms with E-state index in [1.54, 1.807) is 0 Å². The van der Waals surface area contributed by atoms with Gasteiger partial charge < -0.3 is 4.90 Å². The number of hydrogen-bond acceptors (Lipinski definition) is 3. The van der Waals surface area contributed by atoms with Crippen molar-refractivity contribution in [3.05, 3.63) is 64.3 Å². The minimum absolute atomic E-state index is 0.0717. The number of carbonyl (C=O) groups excluding carboxylic acids is 1. The van der Waals surface area contributed by atoms with Gasteiger partial charge in [-0.05, 0) is 55.0 Å². The number of aromatic amines is 1. The number of likely N-dealkylation sites (tertiary alicyclic amines) is 1. The van der Waals surface area contributed by atoms with Gasteiger partial charge in [-0.3, -0.25) is 9.36 Å². The van der Waals surface area contributed by atoms with Crippen LogP contribution in [-0.2, 0) is 11.3 Å². The van der Waals surface area contributed by atoms with Crippen molar-refractivity contribution in [3.63, 3.8) is 0 Å². The third-order valence-electron chi connectivity index (χ3n) is 6.18. The molecule has 2 aromatic carbocycles. The average molecular weight is 442 g/mol. The maximum Gasteiger partial charge on any atom is 0.343 e. The molecule has 1 aliphatic carbocycles. The summed E-state index contributed by atoms with van der Waals surface area (Å²) < 4.78 is 43.6. The van der Waals surface area contributed by atoms with E-state index in [2.05, 4.69) is 10.2 Å². The standard InChI is InChI=1S/C23H21F3N4O2/c24-16-4-6-17(20(26)10-16)15-3-5-18(19(25)9-15)21-27-28-23(32)30(21)12-13-7-8-29(11-13)22(31)14-1-2-14/h3-6,9-10,13-14H,1-2,7-8,11-12H2,(H,28,32)/t13-/m1/s1. The molecular weight excluding hydrogens is 421 g/mol. The molecule has 2 heterocycles. The van der Waals surface area contributed by atoms with Crippen LogP contribution in [0, 0.1) is 29.3 Å². The molecule has 32 heavy (non-hydrogen) atoms. The molecule has 6 nitrogen and oxygen atoms in total. The highest BCUT2D eigenvalue weighted by Gasteiger charge is 2.37. The summed E-state index contributed by atoms with van der Waals surface area (Å²) in [4.78, 5) is 26.5. The molecule has 0 unspecified atom stereocenters.